The first-order valence-electron chi connectivity index (χ1n) is 4.57. The van der Waals surface area contributed by atoms with Gasteiger partial charge in [0.15, 0.2) is 0 Å². The van der Waals surface area contributed by atoms with E-state index in [0.29, 0.717) is 5.56 Å². The summed E-state index contributed by atoms with van der Waals surface area (Å²) in [5.74, 6) is -0.143. The van der Waals surface area contributed by atoms with E-state index in [1.54, 1.807) is 19.1 Å². The molecular weight excluding hydrogens is 205 g/mol. The third kappa shape index (κ3) is 3.81. The molecule has 0 saturated carbocycles. The SMILES string of the molecule is [CH2]CCc1ccc(OC(F)(F)F)c(C)c1. The standard InChI is InChI=1S/C11H12F3O/c1-3-4-9-5-6-10(8(2)7-9)15-11(12,13)14/h5-7H,1,3-4H2,2H3. The Labute approximate surface area is 86.9 Å². The van der Waals surface area contributed by atoms with E-state index in [1.807, 2.05) is 0 Å². The highest BCUT2D eigenvalue weighted by Gasteiger charge is 2.31. The maximum Gasteiger partial charge on any atom is 0.573 e. The summed E-state index contributed by atoms with van der Waals surface area (Å²) in [6, 6.07) is 4.65. The molecule has 0 fully saturated rings. The zero-order valence-electron chi connectivity index (χ0n) is 8.40. The molecule has 83 valence electrons. The molecular formula is C11H12F3O. The molecule has 0 aliphatic rings. The second kappa shape index (κ2) is 4.55. The second-order valence-corrected chi connectivity index (χ2v) is 3.25. The van der Waals surface area contributed by atoms with Gasteiger partial charge in [-0.3, -0.25) is 0 Å². The van der Waals surface area contributed by atoms with Crippen LogP contribution in [-0.4, -0.2) is 6.36 Å². The fourth-order valence-electron chi connectivity index (χ4n) is 1.31. The van der Waals surface area contributed by atoms with Gasteiger partial charge in [0.2, 0.25) is 0 Å². The van der Waals surface area contributed by atoms with Crippen LogP contribution >= 0.6 is 0 Å². The number of halogens is 3. The average Bonchev–Trinajstić information content (AvgIpc) is 2.08. The fourth-order valence-corrected chi connectivity index (χ4v) is 1.31. The van der Waals surface area contributed by atoms with E-state index in [1.165, 1.54) is 6.07 Å². The summed E-state index contributed by atoms with van der Waals surface area (Å²) >= 11 is 0. The molecule has 1 rings (SSSR count). The van der Waals surface area contributed by atoms with Crippen LogP contribution in [-0.2, 0) is 6.42 Å². The van der Waals surface area contributed by atoms with Crippen LogP contribution in [0.15, 0.2) is 18.2 Å². The van der Waals surface area contributed by atoms with Crippen LogP contribution in [0.3, 0.4) is 0 Å². The Balaban J connectivity index is 2.84. The quantitative estimate of drug-likeness (QED) is 0.750. The molecule has 0 aliphatic carbocycles. The predicted octanol–water partition coefficient (Wildman–Crippen LogP) is 3.66. The van der Waals surface area contributed by atoms with E-state index in [2.05, 4.69) is 11.7 Å². The van der Waals surface area contributed by atoms with Crippen molar-refractivity contribution >= 4 is 0 Å². The molecule has 1 aromatic rings. The molecule has 0 spiro atoms. The van der Waals surface area contributed by atoms with Gasteiger partial charge in [-0.05, 0) is 37.0 Å². The number of ether oxygens (including phenoxy) is 1. The Morgan fingerprint density at radius 1 is 1.33 bits per heavy atom. The Morgan fingerprint density at radius 3 is 2.47 bits per heavy atom. The van der Waals surface area contributed by atoms with E-state index >= 15 is 0 Å². The lowest BCUT2D eigenvalue weighted by Gasteiger charge is -2.12. The number of benzene rings is 1. The lowest BCUT2D eigenvalue weighted by molar-refractivity contribution is -0.274. The van der Waals surface area contributed by atoms with Gasteiger partial charge in [0.05, 0.1) is 0 Å². The van der Waals surface area contributed by atoms with Gasteiger partial charge in [0.1, 0.15) is 5.75 Å². The van der Waals surface area contributed by atoms with E-state index in [4.69, 9.17) is 0 Å². The summed E-state index contributed by atoms with van der Waals surface area (Å²) in [6.07, 6.45) is -3.15. The molecule has 0 saturated heterocycles. The van der Waals surface area contributed by atoms with Crippen LogP contribution < -0.4 is 4.74 Å². The molecule has 0 aromatic heterocycles. The second-order valence-electron chi connectivity index (χ2n) is 3.25. The highest BCUT2D eigenvalue weighted by Crippen LogP contribution is 2.26. The molecule has 0 atom stereocenters. The van der Waals surface area contributed by atoms with Gasteiger partial charge >= 0.3 is 6.36 Å². The van der Waals surface area contributed by atoms with Gasteiger partial charge in [0.25, 0.3) is 0 Å². The van der Waals surface area contributed by atoms with Crippen molar-refractivity contribution in [3.05, 3.63) is 36.2 Å². The highest BCUT2D eigenvalue weighted by atomic mass is 19.4. The van der Waals surface area contributed by atoms with Crippen molar-refractivity contribution in [3.8, 4) is 5.75 Å². The van der Waals surface area contributed by atoms with Gasteiger partial charge in [-0.2, -0.15) is 0 Å². The van der Waals surface area contributed by atoms with Crippen molar-refractivity contribution in [1.82, 2.24) is 0 Å². The molecule has 0 N–H and O–H groups in total. The molecule has 0 heterocycles. The van der Waals surface area contributed by atoms with E-state index < -0.39 is 6.36 Å². The van der Waals surface area contributed by atoms with Crippen LogP contribution in [0.1, 0.15) is 17.5 Å². The van der Waals surface area contributed by atoms with E-state index in [-0.39, 0.29) is 5.75 Å². The van der Waals surface area contributed by atoms with Crippen LogP contribution in [0, 0.1) is 13.8 Å². The molecule has 0 bridgehead atoms. The maximum atomic E-state index is 11.9. The minimum Gasteiger partial charge on any atom is -0.406 e. The number of rotatable bonds is 3. The summed E-state index contributed by atoms with van der Waals surface area (Å²) in [5.41, 5.74) is 1.45. The Morgan fingerprint density at radius 2 is 2.00 bits per heavy atom. The van der Waals surface area contributed by atoms with Crippen LogP contribution in [0.25, 0.3) is 0 Å². The molecule has 1 nitrogen and oxygen atoms in total. The summed E-state index contributed by atoms with van der Waals surface area (Å²) in [7, 11) is 0. The summed E-state index contributed by atoms with van der Waals surface area (Å²) in [4.78, 5) is 0. The average molecular weight is 217 g/mol. The Hall–Kier alpha value is -1.19. The molecule has 4 heteroatoms. The largest absolute Gasteiger partial charge is 0.573 e. The van der Waals surface area contributed by atoms with Crippen LogP contribution in [0.2, 0.25) is 0 Å². The highest BCUT2D eigenvalue weighted by molar-refractivity contribution is 5.36. The molecule has 1 aromatic carbocycles. The lowest BCUT2D eigenvalue weighted by Crippen LogP contribution is -2.17. The van der Waals surface area contributed by atoms with Crippen LogP contribution in [0.5, 0.6) is 5.75 Å². The Kier molecular flexibility index (Phi) is 3.61. The van der Waals surface area contributed by atoms with Gasteiger partial charge in [-0.25, -0.2) is 0 Å². The van der Waals surface area contributed by atoms with E-state index in [0.717, 1.165) is 18.4 Å². The Bertz CT molecular complexity index is 331. The van der Waals surface area contributed by atoms with Crippen LogP contribution in [0.4, 0.5) is 13.2 Å². The topological polar surface area (TPSA) is 9.23 Å². The molecule has 1 radical (unpaired) electrons. The number of aryl methyl sites for hydroxylation is 2. The molecule has 0 unspecified atom stereocenters. The van der Waals surface area contributed by atoms with Crippen molar-refractivity contribution < 1.29 is 17.9 Å². The first kappa shape index (κ1) is 11.9. The van der Waals surface area contributed by atoms with Crippen molar-refractivity contribution in [1.29, 1.82) is 0 Å². The molecule has 0 aliphatic heterocycles. The first-order valence-corrected chi connectivity index (χ1v) is 4.57. The first-order chi connectivity index (χ1) is 6.92. The number of hydrogen-bond acceptors (Lipinski definition) is 1. The predicted molar refractivity (Wildman–Crippen MR) is 51.5 cm³/mol. The number of hydrogen-bond donors (Lipinski definition) is 0. The minimum absolute atomic E-state index is 0.143. The van der Waals surface area contributed by atoms with Crippen molar-refractivity contribution in [3.63, 3.8) is 0 Å². The van der Waals surface area contributed by atoms with Crippen molar-refractivity contribution in [2.75, 3.05) is 0 Å². The lowest BCUT2D eigenvalue weighted by atomic mass is 10.1. The fraction of sp³-hybridized carbons (Fsp3) is 0.364. The van der Waals surface area contributed by atoms with Gasteiger partial charge in [-0.1, -0.05) is 19.1 Å². The molecule has 0 amide bonds. The third-order valence-corrected chi connectivity index (χ3v) is 1.93. The molecule has 15 heavy (non-hydrogen) atoms. The monoisotopic (exact) mass is 217 g/mol. The normalized spacial score (nSPS) is 11.5. The van der Waals surface area contributed by atoms with Crippen molar-refractivity contribution in [2.24, 2.45) is 0 Å². The van der Waals surface area contributed by atoms with Gasteiger partial charge < -0.3 is 4.74 Å². The number of alkyl halides is 3. The van der Waals surface area contributed by atoms with Crippen molar-refractivity contribution in [2.45, 2.75) is 26.1 Å². The summed E-state index contributed by atoms with van der Waals surface area (Å²) in [6.45, 7) is 5.27. The summed E-state index contributed by atoms with van der Waals surface area (Å²) < 4.78 is 39.7. The van der Waals surface area contributed by atoms with E-state index in [9.17, 15) is 13.2 Å². The van der Waals surface area contributed by atoms with Gasteiger partial charge in [0, 0.05) is 0 Å². The maximum absolute atomic E-state index is 11.9. The third-order valence-electron chi connectivity index (χ3n) is 1.93. The summed E-state index contributed by atoms with van der Waals surface area (Å²) in [5, 5.41) is 0. The van der Waals surface area contributed by atoms with Gasteiger partial charge in [-0.15, -0.1) is 13.2 Å². The zero-order valence-corrected chi connectivity index (χ0v) is 8.40. The zero-order chi connectivity index (χ0) is 11.5. The minimum atomic E-state index is -4.63. The smallest absolute Gasteiger partial charge is 0.406 e.